The number of hydrogen-bond acceptors (Lipinski definition) is 2. The molecule has 0 saturated carbocycles. The highest BCUT2D eigenvalue weighted by Crippen LogP contribution is 2.44. The summed E-state index contributed by atoms with van der Waals surface area (Å²) in [7, 11) is -3.92. The van der Waals surface area contributed by atoms with Crippen molar-refractivity contribution < 1.29 is 8.85 Å². The first-order chi connectivity index (χ1) is 14.1. The maximum Gasteiger partial charge on any atom is 0.250 e. The standard InChI is InChI=1S/C27H43O2Si2/c1-12-23(21-16-14-13-15-17-21)24-20-22(28-30(8,9)26(2,3)4)18-19-25(24)29-31(10,11)27(5,6)7/h13-20,23H,1,12H2,2-11H3. The molecule has 0 N–H and O–H groups in total. The summed E-state index contributed by atoms with van der Waals surface area (Å²) in [6, 6.07) is 17.1. The largest absolute Gasteiger partial charge is 0.543 e. The van der Waals surface area contributed by atoms with Crippen molar-refractivity contribution in [1.29, 1.82) is 0 Å². The molecule has 0 bridgehead atoms. The smallest absolute Gasteiger partial charge is 0.250 e. The lowest BCUT2D eigenvalue weighted by molar-refractivity contribution is 0.474. The monoisotopic (exact) mass is 455 g/mol. The molecule has 0 fully saturated rings. The summed E-state index contributed by atoms with van der Waals surface area (Å²) in [6.45, 7) is 27.2. The van der Waals surface area contributed by atoms with Gasteiger partial charge in [0.15, 0.2) is 0 Å². The van der Waals surface area contributed by atoms with Crippen LogP contribution in [0.15, 0.2) is 48.5 Å². The van der Waals surface area contributed by atoms with E-state index < -0.39 is 16.6 Å². The second-order valence-electron chi connectivity index (χ2n) is 11.7. The molecule has 1 radical (unpaired) electrons. The zero-order chi connectivity index (χ0) is 23.7. The molecule has 2 rings (SSSR count). The number of benzene rings is 2. The average molecular weight is 456 g/mol. The van der Waals surface area contributed by atoms with Gasteiger partial charge in [-0.2, -0.15) is 0 Å². The molecular formula is C27H43O2Si2. The Morgan fingerprint density at radius 3 is 1.77 bits per heavy atom. The normalized spacial score (nSPS) is 14.3. The first-order valence-electron chi connectivity index (χ1n) is 11.5. The van der Waals surface area contributed by atoms with Gasteiger partial charge in [0.1, 0.15) is 11.5 Å². The molecule has 2 aromatic rings. The fourth-order valence-electron chi connectivity index (χ4n) is 3.02. The van der Waals surface area contributed by atoms with Gasteiger partial charge in [0, 0.05) is 11.5 Å². The highest BCUT2D eigenvalue weighted by Gasteiger charge is 2.41. The Morgan fingerprint density at radius 2 is 1.29 bits per heavy atom. The minimum absolute atomic E-state index is 0.132. The SMILES string of the molecule is [CH2]CC(c1ccccc1)c1cc(O[Si](C)(C)C(C)(C)C)ccc1O[Si](C)(C)C(C)(C)C. The van der Waals surface area contributed by atoms with Crippen LogP contribution in [-0.2, 0) is 0 Å². The van der Waals surface area contributed by atoms with Crippen molar-refractivity contribution in [2.75, 3.05) is 0 Å². The zero-order valence-corrected chi connectivity index (χ0v) is 23.4. The Morgan fingerprint density at radius 1 is 0.774 bits per heavy atom. The highest BCUT2D eigenvalue weighted by atomic mass is 28.4. The van der Waals surface area contributed by atoms with E-state index in [1.807, 2.05) is 0 Å². The molecule has 0 aliphatic rings. The molecule has 0 amide bonds. The number of rotatable bonds is 7. The van der Waals surface area contributed by atoms with Gasteiger partial charge in [-0.3, -0.25) is 0 Å². The zero-order valence-electron chi connectivity index (χ0n) is 21.4. The van der Waals surface area contributed by atoms with Gasteiger partial charge in [0.2, 0.25) is 16.6 Å². The Labute approximate surface area is 193 Å². The summed E-state index contributed by atoms with van der Waals surface area (Å²) in [5.41, 5.74) is 2.45. The molecule has 0 aromatic heterocycles. The van der Waals surface area contributed by atoms with Gasteiger partial charge < -0.3 is 8.85 Å². The molecule has 2 nitrogen and oxygen atoms in total. The third kappa shape index (κ3) is 6.04. The van der Waals surface area contributed by atoms with Gasteiger partial charge in [0.25, 0.3) is 0 Å². The summed E-state index contributed by atoms with van der Waals surface area (Å²) in [4.78, 5) is 0. The molecule has 31 heavy (non-hydrogen) atoms. The summed E-state index contributed by atoms with van der Waals surface area (Å²) >= 11 is 0. The Balaban J connectivity index is 2.58. The average Bonchev–Trinajstić information content (AvgIpc) is 2.63. The van der Waals surface area contributed by atoms with Crippen LogP contribution in [0.5, 0.6) is 11.5 Å². The van der Waals surface area contributed by atoms with Crippen LogP contribution in [0, 0.1) is 6.92 Å². The first kappa shape index (κ1) is 25.7. The van der Waals surface area contributed by atoms with Crippen molar-refractivity contribution in [3.05, 3.63) is 66.6 Å². The predicted octanol–water partition coefficient (Wildman–Crippen LogP) is 8.81. The van der Waals surface area contributed by atoms with E-state index in [1.165, 1.54) is 11.1 Å². The Kier molecular flexibility index (Phi) is 7.59. The fourth-order valence-corrected chi connectivity index (χ4v) is 5.08. The Hall–Kier alpha value is -1.53. The van der Waals surface area contributed by atoms with Crippen molar-refractivity contribution >= 4 is 16.6 Å². The van der Waals surface area contributed by atoms with Gasteiger partial charge in [-0.05, 0) is 66.4 Å². The van der Waals surface area contributed by atoms with E-state index >= 15 is 0 Å². The maximum absolute atomic E-state index is 6.82. The molecule has 4 heteroatoms. The molecule has 0 aliphatic carbocycles. The van der Waals surface area contributed by atoms with E-state index in [0.717, 1.165) is 17.9 Å². The van der Waals surface area contributed by atoms with Gasteiger partial charge in [-0.25, -0.2) is 0 Å². The molecule has 0 aliphatic heterocycles. The van der Waals surface area contributed by atoms with E-state index in [2.05, 4.69) is 123 Å². The van der Waals surface area contributed by atoms with Crippen LogP contribution in [0.3, 0.4) is 0 Å². The summed E-state index contributed by atoms with van der Waals surface area (Å²) in [5, 5.41) is 0.280. The van der Waals surface area contributed by atoms with Crippen LogP contribution >= 0.6 is 0 Å². The van der Waals surface area contributed by atoms with E-state index in [-0.39, 0.29) is 16.0 Å². The van der Waals surface area contributed by atoms with Gasteiger partial charge in [0.05, 0.1) is 0 Å². The molecule has 0 spiro atoms. The lowest BCUT2D eigenvalue weighted by Crippen LogP contribution is -2.44. The molecular weight excluding hydrogens is 412 g/mol. The van der Waals surface area contributed by atoms with Crippen LogP contribution < -0.4 is 8.85 Å². The second kappa shape index (κ2) is 9.15. The van der Waals surface area contributed by atoms with E-state index in [1.54, 1.807) is 0 Å². The van der Waals surface area contributed by atoms with Crippen molar-refractivity contribution in [2.24, 2.45) is 0 Å². The lowest BCUT2D eigenvalue weighted by atomic mass is 9.88. The van der Waals surface area contributed by atoms with Crippen LogP contribution in [0.1, 0.15) is 65.0 Å². The quantitative estimate of drug-likeness (QED) is 0.388. The molecule has 1 atom stereocenters. The van der Waals surface area contributed by atoms with Gasteiger partial charge in [-0.1, -0.05) is 78.8 Å². The van der Waals surface area contributed by atoms with Crippen LogP contribution in [0.2, 0.25) is 36.3 Å². The van der Waals surface area contributed by atoms with Crippen LogP contribution in [0.4, 0.5) is 0 Å². The third-order valence-corrected chi connectivity index (χ3v) is 15.9. The molecule has 0 saturated heterocycles. The molecule has 1 unspecified atom stereocenters. The second-order valence-corrected chi connectivity index (χ2v) is 21.1. The van der Waals surface area contributed by atoms with Crippen molar-refractivity contribution in [3.8, 4) is 11.5 Å². The first-order valence-corrected chi connectivity index (χ1v) is 17.3. The predicted molar refractivity (Wildman–Crippen MR) is 140 cm³/mol. The minimum Gasteiger partial charge on any atom is -0.543 e. The molecule has 171 valence electrons. The number of hydrogen-bond donors (Lipinski definition) is 0. The van der Waals surface area contributed by atoms with E-state index in [9.17, 15) is 0 Å². The molecule has 2 aromatic carbocycles. The summed E-state index contributed by atoms with van der Waals surface area (Å²) < 4.78 is 13.5. The van der Waals surface area contributed by atoms with Crippen LogP contribution in [-0.4, -0.2) is 16.6 Å². The fraction of sp³-hybridized carbons (Fsp3) is 0.519. The highest BCUT2D eigenvalue weighted by molar-refractivity contribution is 6.75. The summed E-state index contributed by atoms with van der Waals surface area (Å²) in [6.07, 6.45) is 0.765. The van der Waals surface area contributed by atoms with Crippen molar-refractivity contribution in [2.45, 2.75) is 90.1 Å². The van der Waals surface area contributed by atoms with E-state index in [4.69, 9.17) is 8.85 Å². The lowest BCUT2D eigenvalue weighted by Gasteiger charge is -2.38. The van der Waals surface area contributed by atoms with Gasteiger partial charge >= 0.3 is 0 Å². The summed E-state index contributed by atoms with van der Waals surface area (Å²) in [5.74, 6) is 2.09. The Bertz CT molecular complexity index is 859. The van der Waals surface area contributed by atoms with Crippen LogP contribution in [0.25, 0.3) is 0 Å². The topological polar surface area (TPSA) is 18.5 Å². The maximum atomic E-state index is 6.82. The van der Waals surface area contributed by atoms with Crippen molar-refractivity contribution in [1.82, 2.24) is 0 Å². The van der Waals surface area contributed by atoms with Gasteiger partial charge in [-0.15, -0.1) is 0 Å². The molecule has 0 heterocycles. The van der Waals surface area contributed by atoms with Crippen molar-refractivity contribution in [3.63, 3.8) is 0 Å². The van der Waals surface area contributed by atoms with E-state index in [0.29, 0.717) is 0 Å². The minimum atomic E-state index is -1.98. The third-order valence-electron chi connectivity index (χ3n) is 7.20.